The van der Waals surface area contributed by atoms with Gasteiger partial charge < -0.3 is 31.3 Å². The summed E-state index contributed by atoms with van der Waals surface area (Å²) in [7, 11) is 0. The van der Waals surface area contributed by atoms with Crippen LogP contribution in [0.5, 0.6) is 0 Å². The van der Waals surface area contributed by atoms with Crippen molar-refractivity contribution in [3.8, 4) is 0 Å². The molecule has 0 fully saturated rings. The van der Waals surface area contributed by atoms with E-state index in [-0.39, 0.29) is 19.4 Å². The number of rotatable bonds is 19. The predicted molar refractivity (Wildman–Crippen MR) is 170 cm³/mol. The van der Waals surface area contributed by atoms with Gasteiger partial charge in [-0.15, -0.1) is 23.2 Å². The summed E-state index contributed by atoms with van der Waals surface area (Å²) < 4.78 is 18.3. The van der Waals surface area contributed by atoms with E-state index < -0.39 is 54.2 Å². The zero-order valence-electron chi connectivity index (χ0n) is 25.1. The van der Waals surface area contributed by atoms with E-state index in [0.29, 0.717) is 43.3 Å². The molecule has 0 spiro atoms. The van der Waals surface area contributed by atoms with Crippen LogP contribution in [0.25, 0.3) is 0 Å². The molecule has 0 aliphatic heterocycles. The molecule has 0 unspecified atom stereocenters. The average Bonchev–Trinajstić information content (AvgIpc) is 3.00. The molecule has 13 heteroatoms. The monoisotopic (exact) mass is 653 g/mol. The Bertz CT molecular complexity index is 1200. The molecule has 44 heavy (non-hydrogen) atoms. The average molecular weight is 655 g/mol. The van der Waals surface area contributed by atoms with Gasteiger partial charge in [-0.3, -0.25) is 14.4 Å². The zero-order chi connectivity index (χ0) is 32.5. The highest BCUT2D eigenvalue weighted by molar-refractivity contribution is 6.18. The maximum Gasteiger partial charge on any atom is 0.328 e. The number of alkyl halides is 2. The molecule has 2 aromatic carbocycles. The number of benzene rings is 2. The molecule has 0 bridgehead atoms. The summed E-state index contributed by atoms with van der Waals surface area (Å²) in [6, 6.07) is 10.1. The molecule has 242 valence electrons. The summed E-state index contributed by atoms with van der Waals surface area (Å²) in [6.07, 6.45) is 1.24. The number of amides is 3. The molecule has 0 radical (unpaired) electrons. The minimum atomic E-state index is -1.06. The number of esters is 1. The third-order valence-corrected chi connectivity index (χ3v) is 7.03. The molecule has 0 saturated heterocycles. The summed E-state index contributed by atoms with van der Waals surface area (Å²) in [5.41, 5.74) is 8.29. The van der Waals surface area contributed by atoms with Crippen molar-refractivity contribution in [2.45, 2.75) is 57.7 Å². The van der Waals surface area contributed by atoms with Crippen LogP contribution in [0.2, 0.25) is 0 Å². The van der Waals surface area contributed by atoms with E-state index in [4.69, 9.17) is 33.7 Å². The minimum Gasteiger partial charge on any atom is -0.464 e. The molecule has 0 aromatic heterocycles. The van der Waals surface area contributed by atoms with E-state index in [0.717, 1.165) is 11.3 Å². The van der Waals surface area contributed by atoms with E-state index in [1.54, 1.807) is 6.92 Å². The molecule has 3 atom stereocenters. The SMILES string of the molecule is CCC[C@H](NC(=O)[C@H](Cc1ccc(N(CCCl)CCCl)cc1)NC(=O)CNC(=O)[C@@H](N)Cc1ccc(F)cc1)C(=O)OCC. The largest absolute Gasteiger partial charge is 0.464 e. The molecule has 0 aliphatic rings. The highest BCUT2D eigenvalue weighted by Gasteiger charge is 2.28. The number of nitrogens with one attached hydrogen (secondary N) is 3. The topological polar surface area (TPSA) is 143 Å². The first-order valence-electron chi connectivity index (χ1n) is 14.6. The summed E-state index contributed by atoms with van der Waals surface area (Å²) in [6.45, 7) is 4.51. The quantitative estimate of drug-likeness (QED) is 0.135. The first-order valence-corrected chi connectivity index (χ1v) is 15.7. The second-order valence-corrected chi connectivity index (χ2v) is 10.9. The molecule has 10 nitrogen and oxygen atoms in total. The molecule has 0 aliphatic carbocycles. The lowest BCUT2D eigenvalue weighted by Crippen LogP contribution is -2.54. The number of carbonyl (C=O) groups is 4. The van der Waals surface area contributed by atoms with Crippen molar-refractivity contribution in [2.75, 3.05) is 42.9 Å². The Morgan fingerprint density at radius 1 is 0.864 bits per heavy atom. The van der Waals surface area contributed by atoms with Crippen molar-refractivity contribution >= 4 is 52.6 Å². The van der Waals surface area contributed by atoms with Crippen LogP contribution < -0.4 is 26.6 Å². The third kappa shape index (κ3) is 12.7. The second kappa shape index (κ2) is 19.8. The molecule has 0 heterocycles. The number of ether oxygens (including phenoxy) is 1. The van der Waals surface area contributed by atoms with E-state index in [1.807, 2.05) is 36.1 Å². The number of hydrogen-bond acceptors (Lipinski definition) is 7. The van der Waals surface area contributed by atoms with Crippen molar-refractivity contribution in [3.63, 3.8) is 0 Å². The lowest BCUT2D eigenvalue weighted by Gasteiger charge is -2.24. The first-order chi connectivity index (χ1) is 21.1. The van der Waals surface area contributed by atoms with Gasteiger partial charge in [0, 0.05) is 37.0 Å². The van der Waals surface area contributed by atoms with Crippen LogP contribution in [-0.2, 0) is 36.8 Å². The van der Waals surface area contributed by atoms with Crippen LogP contribution >= 0.6 is 23.2 Å². The lowest BCUT2D eigenvalue weighted by molar-refractivity contribution is -0.147. The normalized spacial score (nSPS) is 12.9. The van der Waals surface area contributed by atoms with Crippen LogP contribution in [-0.4, -0.2) is 79.8 Å². The number of carbonyl (C=O) groups excluding carboxylic acids is 4. The molecule has 2 aromatic rings. The smallest absolute Gasteiger partial charge is 0.328 e. The first kappa shape index (κ1) is 36.8. The third-order valence-electron chi connectivity index (χ3n) is 6.70. The maximum absolute atomic E-state index is 13.4. The molecular formula is C31H42Cl2FN5O5. The van der Waals surface area contributed by atoms with Crippen molar-refractivity contribution < 1.29 is 28.3 Å². The number of anilines is 1. The molecule has 5 N–H and O–H groups in total. The minimum absolute atomic E-state index is 0.114. The van der Waals surface area contributed by atoms with Gasteiger partial charge in [0.15, 0.2) is 0 Å². The Hall–Kier alpha value is -3.41. The van der Waals surface area contributed by atoms with Crippen molar-refractivity contribution in [1.82, 2.24) is 16.0 Å². The Morgan fingerprint density at radius 2 is 1.45 bits per heavy atom. The van der Waals surface area contributed by atoms with E-state index in [1.165, 1.54) is 24.3 Å². The lowest BCUT2D eigenvalue weighted by atomic mass is 10.0. The van der Waals surface area contributed by atoms with Crippen molar-refractivity contribution in [2.24, 2.45) is 5.73 Å². The van der Waals surface area contributed by atoms with Gasteiger partial charge in [0.05, 0.1) is 19.2 Å². The number of halogens is 3. The van der Waals surface area contributed by atoms with Gasteiger partial charge in [0.25, 0.3) is 0 Å². The van der Waals surface area contributed by atoms with Gasteiger partial charge in [0.1, 0.15) is 17.9 Å². The summed E-state index contributed by atoms with van der Waals surface area (Å²) in [4.78, 5) is 53.3. The molecular weight excluding hydrogens is 612 g/mol. The second-order valence-electron chi connectivity index (χ2n) is 10.1. The Morgan fingerprint density at radius 3 is 2.02 bits per heavy atom. The highest BCUT2D eigenvalue weighted by atomic mass is 35.5. The summed E-state index contributed by atoms with van der Waals surface area (Å²) >= 11 is 11.9. The molecule has 0 saturated carbocycles. The van der Waals surface area contributed by atoms with Crippen molar-refractivity contribution in [3.05, 3.63) is 65.5 Å². The van der Waals surface area contributed by atoms with Crippen LogP contribution in [0.15, 0.2) is 48.5 Å². The number of nitrogens with zero attached hydrogens (tertiary/aromatic N) is 1. The maximum atomic E-state index is 13.4. The van der Waals surface area contributed by atoms with Crippen LogP contribution in [0.1, 0.15) is 37.8 Å². The zero-order valence-corrected chi connectivity index (χ0v) is 26.6. The summed E-state index contributed by atoms with van der Waals surface area (Å²) in [5, 5.41) is 7.85. The van der Waals surface area contributed by atoms with E-state index >= 15 is 0 Å². The fourth-order valence-corrected chi connectivity index (χ4v) is 4.83. The molecule has 2 rings (SSSR count). The fraction of sp³-hybridized carbons (Fsp3) is 0.484. The van der Waals surface area contributed by atoms with Crippen LogP contribution in [0.3, 0.4) is 0 Å². The van der Waals surface area contributed by atoms with Crippen LogP contribution in [0, 0.1) is 5.82 Å². The number of hydrogen-bond donors (Lipinski definition) is 4. The van der Waals surface area contributed by atoms with Gasteiger partial charge in [-0.1, -0.05) is 37.6 Å². The van der Waals surface area contributed by atoms with Gasteiger partial charge in [-0.2, -0.15) is 0 Å². The Balaban J connectivity index is 2.13. The number of nitrogens with two attached hydrogens (primary N) is 1. The highest BCUT2D eigenvalue weighted by Crippen LogP contribution is 2.17. The predicted octanol–water partition coefficient (Wildman–Crippen LogP) is 2.67. The fourth-order valence-electron chi connectivity index (χ4n) is 4.43. The van der Waals surface area contributed by atoms with E-state index in [2.05, 4.69) is 16.0 Å². The van der Waals surface area contributed by atoms with Gasteiger partial charge >= 0.3 is 5.97 Å². The van der Waals surface area contributed by atoms with Gasteiger partial charge in [-0.05, 0) is 55.2 Å². The summed E-state index contributed by atoms with van der Waals surface area (Å²) in [5.74, 6) is -1.87. The van der Waals surface area contributed by atoms with Gasteiger partial charge in [0.2, 0.25) is 17.7 Å². The van der Waals surface area contributed by atoms with Crippen molar-refractivity contribution in [1.29, 1.82) is 0 Å². The standard InChI is InChI=1S/C31H42Cl2FN5O5/c1-3-5-26(31(43)44-4-2)38-30(42)27(19-22-8-12-24(13-9-22)39(16-14-32)17-15-33)37-28(40)20-36-29(41)25(35)18-21-6-10-23(34)11-7-21/h6-13,25-27H,3-5,14-20,35H2,1-2H3,(H,36,41)(H,37,40)(H,38,42)/t25-,26-,27-/m0/s1. The Kier molecular flexibility index (Phi) is 16.5. The Labute approximate surface area is 268 Å². The van der Waals surface area contributed by atoms with Gasteiger partial charge in [-0.25, -0.2) is 9.18 Å². The van der Waals surface area contributed by atoms with E-state index in [9.17, 15) is 23.6 Å². The van der Waals surface area contributed by atoms with Crippen LogP contribution in [0.4, 0.5) is 10.1 Å². The molecule has 3 amide bonds.